The van der Waals surface area contributed by atoms with Crippen LogP contribution < -0.4 is 10.2 Å². The Morgan fingerprint density at radius 1 is 1.56 bits per heavy atom. The number of anilines is 1. The number of rotatable bonds is 1. The lowest BCUT2D eigenvalue weighted by atomic mass is 10.4. The Labute approximate surface area is 96.6 Å². The summed E-state index contributed by atoms with van der Waals surface area (Å²) in [4.78, 5) is 20.2. The molecule has 0 radical (unpaired) electrons. The molecule has 86 valence electrons. The van der Waals surface area contributed by atoms with Gasteiger partial charge in [0.1, 0.15) is 0 Å². The van der Waals surface area contributed by atoms with Gasteiger partial charge in [-0.15, -0.1) is 0 Å². The molecule has 1 amide bonds. The van der Waals surface area contributed by atoms with Crippen molar-refractivity contribution in [2.75, 3.05) is 24.5 Å². The number of halogens is 2. The molecule has 16 heavy (non-hydrogen) atoms. The van der Waals surface area contributed by atoms with E-state index in [1.807, 2.05) is 0 Å². The second-order valence-electron chi connectivity index (χ2n) is 3.44. The Bertz CT molecular complexity index is 414. The lowest BCUT2D eigenvalue weighted by Gasteiger charge is -2.20. The highest BCUT2D eigenvalue weighted by atomic mass is 35.5. The van der Waals surface area contributed by atoms with Crippen LogP contribution in [0.25, 0.3) is 0 Å². The Morgan fingerprint density at radius 2 is 2.38 bits per heavy atom. The van der Waals surface area contributed by atoms with E-state index in [0.29, 0.717) is 13.1 Å². The van der Waals surface area contributed by atoms with E-state index in [2.05, 4.69) is 15.3 Å². The van der Waals surface area contributed by atoms with Crippen molar-refractivity contribution in [2.45, 2.75) is 6.42 Å². The fourth-order valence-electron chi connectivity index (χ4n) is 1.55. The lowest BCUT2D eigenvalue weighted by Crippen LogP contribution is -2.34. The molecule has 5 nitrogen and oxygen atoms in total. The van der Waals surface area contributed by atoms with Crippen molar-refractivity contribution in [1.29, 1.82) is 0 Å². The van der Waals surface area contributed by atoms with Gasteiger partial charge in [0.05, 0.1) is 12.7 Å². The highest BCUT2D eigenvalue weighted by Gasteiger charge is 2.19. The van der Waals surface area contributed by atoms with E-state index in [9.17, 15) is 9.18 Å². The van der Waals surface area contributed by atoms with Gasteiger partial charge in [-0.2, -0.15) is 4.98 Å². The van der Waals surface area contributed by atoms with E-state index in [1.54, 1.807) is 4.90 Å². The average Bonchev–Trinajstić information content (AvgIpc) is 2.46. The molecule has 2 rings (SSSR count). The van der Waals surface area contributed by atoms with Crippen molar-refractivity contribution in [3.63, 3.8) is 0 Å². The molecular formula is C9H10ClFN4O. The Balaban J connectivity index is 2.27. The van der Waals surface area contributed by atoms with Gasteiger partial charge >= 0.3 is 0 Å². The molecule has 2 heterocycles. The summed E-state index contributed by atoms with van der Waals surface area (Å²) in [6.45, 7) is 1.24. The van der Waals surface area contributed by atoms with Gasteiger partial charge in [0.2, 0.25) is 11.2 Å². The molecule has 1 aromatic rings. The molecule has 0 aliphatic carbocycles. The third kappa shape index (κ3) is 2.38. The molecule has 1 aliphatic heterocycles. The second kappa shape index (κ2) is 4.61. The van der Waals surface area contributed by atoms with Gasteiger partial charge in [0, 0.05) is 13.1 Å². The highest BCUT2D eigenvalue weighted by Crippen LogP contribution is 2.18. The average molecular weight is 245 g/mol. The number of carbonyl (C=O) groups is 1. The summed E-state index contributed by atoms with van der Waals surface area (Å²) in [5.74, 6) is -0.636. The molecule has 1 aliphatic rings. The maximum atomic E-state index is 13.5. The van der Waals surface area contributed by atoms with Crippen LogP contribution in [0.5, 0.6) is 0 Å². The van der Waals surface area contributed by atoms with Gasteiger partial charge in [-0.1, -0.05) is 0 Å². The number of carbonyl (C=O) groups excluding carboxylic acids is 1. The first-order valence-electron chi connectivity index (χ1n) is 4.86. The number of nitrogens with zero attached hydrogens (tertiary/aromatic N) is 3. The molecule has 1 aromatic heterocycles. The normalized spacial score (nSPS) is 16.9. The Morgan fingerprint density at radius 3 is 3.19 bits per heavy atom. The molecule has 0 unspecified atom stereocenters. The zero-order valence-electron chi connectivity index (χ0n) is 8.41. The zero-order chi connectivity index (χ0) is 11.5. The fourth-order valence-corrected chi connectivity index (χ4v) is 1.67. The van der Waals surface area contributed by atoms with Crippen molar-refractivity contribution in [2.24, 2.45) is 0 Å². The smallest absolute Gasteiger partial charge is 0.239 e. The fraction of sp³-hybridized carbons (Fsp3) is 0.444. The van der Waals surface area contributed by atoms with Crippen molar-refractivity contribution in [1.82, 2.24) is 15.3 Å². The van der Waals surface area contributed by atoms with Crippen LogP contribution in [-0.2, 0) is 4.79 Å². The predicted octanol–water partition coefficient (Wildman–Crippen LogP) is 0.595. The quantitative estimate of drug-likeness (QED) is 0.735. The topological polar surface area (TPSA) is 58.1 Å². The summed E-state index contributed by atoms with van der Waals surface area (Å²) in [6, 6.07) is 0. The van der Waals surface area contributed by atoms with Crippen LogP contribution in [0, 0.1) is 5.82 Å². The van der Waals surface area contributed by atoms with Gasteiger partial charge in [-0.3, -0.25) is 4.79 Å². The van der Waals surface area contributed by atoms with E-state index >= 15 is 0 Å². The molecule has 0 bridgehead atoms. The second-order valence-corrected chi connectivity index (χ2v) is 3.77. The number of amides is 1. The molecule has 0 atom stereocenters. The van der Waals surface area contributed by atoms with Crippen LogP contribution in [0.4, 0.5) is 10.2 Å². The van der Waals surface area contributed by atoms with E-state index in [0.717, 1.165) is 12.6 Å². The van der Waals surface area contributed by atoms with Crippen LogP contribution in [0.3, 0.4) is 0 Å². The Hall–Kier alpha value is -1.43. The maximum absolute atomic E-state index is 13.5. The van der Waals surface area contributed by atoms with Crippen LogP contribution in [0.1, 0.15) is 6.42 Å². The number of hydrogen-bond donors (Lipinski definition) is 1. The molecule has 7 heteroatoms. The van der Waals surface area contributed by atoms with Crippen LogP contribution in [-0.4, -0.2) is 35.5 Å². The number of aromatic nitrogens is 2. The first-order valence-corrected chi connectivity index (χ1v) is 5.24. The lowest BCUT2D eigenvalue weighted by molar-refractivity contribution is -0.119. The molecule has 0 aromatic carbocycles. The van der Waals surface area contributed by atoms with E-state index < -0.39 is 5.82 Å². The highest BCUT2D eigenvalue weighted by molar-refractivity contribution is 6.28. The SMILES string of the molecule is O=C1CN(c2nc(Cl)ncc2F)CCCN1. The minimum Gasteiger partial charge on any atom is -0.354 e. The summed E-state index contributed by atoms with van der Waals surface area (Å²) in [6.07, 6.45) is 1.75. The summed E-state index contributed by atoms with van der Waals surface area (Å²) >= 11 is 5.60. The minimum atomic E-state index is -0.570. The van der Waals surface area contributed by atoms with E-state index in [-0.39, 0.29) is 23.6 Å². The van der Waals surface area contributed by atoms with Gasteiger partial charge in [0.25, 0.3) is 0 Å². The zero-order valence-corrected chi connectivity index (χ0v) is 9.17. The number of hydrogen-bond acceptors (Lipinski definition) is 4. The Kier molecular flexibility index (Phi) is 3.19. The van der Waals surface area contributed by atoms with Gasteiger partial charge in [-0.25, -0.2) is 9.37 Å². The minimum absolute atomic E-state index is 0.0268. The van der Waals surface area contributed by atoms with Crippen LogP contribution in [0.2, 0.25) is 5.28 Å². The predicted molar refractivity (Wildman–Crippen MR) is 56.8 cm³/mol. The van der Waals surface area contributed by atoms with Crippen LogP contribution in [0.15, 0.2) is 6.20 Å². The van der Waals surface area contributed by atoms with Gasteiger partial charge in [0.15, 0.2) is 11.6 Å². The summed E-state index contributed by atoms with van der Waals surface area (Å²) < 4.78 is 13.5. The molecule has 1 saturated heterocycles. The summed E-state index contributed by atoms with van der Waals surface area (Å²) in [5.41, 5.74) is 0. The molecule has 0 saturated carbocycles. The third-order valence-corrected chi connectivity index (χ3v) is 2.44. The molecule has 1 N–H and O–H groups in total. The van der Waals surface area contributed by atoms with Crippen molar-refractivity contribution in [3.05, 3.63) is 17.3 Å². The molecular weight excluding hydrogens is 235 g/mol. The largest absolute Gasteiger partial charge is 0.354 e. The number of nitrogens with one attached hydrogen (secondary N) is 1. The monoisotopic (exact) mass is 244 g/mol. The molecule has 0 spiro atoms. The van der Waals surface area contributed by atoms with Crippen LogP contribution >= 0.6 is 11.6 Å². The standard InChI is InChI=1S/C9H10ClFN4O/c10-9-13-4-6(11)8(14-9)15-3-1-2-12-7(16)5-15/h4H,1-3,5H2,(H,12,16). The molecule has 1 fully saturated rings. The summed E-state index contributed by atoms with van der Waals surface area (Å²) in [7, 11) is 0. The first-order chi connectivity index (χ1) is 7.66. The first kappa shape index (κ1) is 11.1. The van der Waals surface area contributed by atoms with Crippen molar-refractivity contribution < 1.29 is 9.18 Å². The van der Waals surface area contributed by atoms with E-state index in [4.69, 9.17) is 11.6 Å². The maximum Gasteiger partial charge on any atom is 0.239 e. The summed E-state index contributed by atoms with van der Waals surface area (Å²) in [5, 5.41) is 2.67. The van der Waals surface area contributed by atoms with E-state index in [1.165, 1.54) is 0 Å². The van der Waals surface area contributed by atoms with Gasteiger partial charge < -0.3 is 10.2 Å². The third-order valence-electron chi connectivity index (χ3n) is 2.26. The van der Waals surface area contributed by atoms with Crippen molar-refractivity contribution in [3.8, 4) is 0 Å². The van der Waals surface area contributed by atoms with Gasteiger partial charge in [-0.05, 0) is 18.0 Å². The van der Waals surface area contributed by atoms with Crippen molar-refractivity contribution >= 4 is 23.3 Å².